The van der Waals surface area contributed by atoms with Gasteiger partial charge in [-0.1, -0.05) is 29.3 Å². The number of nitrogens with zero attached hydrogens (tertiary/aromatic N) is 2. The highest BCUT2D eigenvalue weighted by atomic mass is 35.5. The van der Waals surface area contributed by atoms with Crippen LogP contribution in [0.25, 0.3) is 0 Å². The fourth-order valence-electron chi connectivity index (χ4n) is 1.90. The van der Waals surface area contributed by atoms with Crippen molar-refractivity contribution in [2.75, 3.05) is 0 Å². The van der Waals surface area contributed by atoms with E-state index in [0.29, 0.717) is 10.7 Å². The van der Waals surface area contributed by atoms with E-state index in [1.807, 2.05) is 0 Å². The Morgan fingerprint density at radius 1 is 1.26 bits per heavy atom. The van der Waals surface area contributed by atoms with E-state index in [4.69, 9.17) is 23.2 Å². The van der Waals surface area contributed by atoms with Crippen molar-refractivity contribution in [1.29, 1.82) is 0 Å². The Morgan fingerprint density at radius 2 is 1.89 bits per heavy atom. The fourth-order valence-corrected chi connectivity index (χ4v) is 2.44. The Bertz CT molecular complexity index is 678. The number of rotatable bonds is 2. The normalized spacial score (nSPS) is 10.8. The van der Waals surface area contributed by atoms with Crippen molar-refractivity contribution in [2.45, 2.75) is 13.8 Å². The number of carbonyl (C=O) groups excluding carboxylic acids is 1. The van der Waals surface area contributed by atoms with Crippen molar-refractivity contribution in [1.82, 2.24) is 9.78 Å². The minimum absolute atomic E-state index is 0.122. The average molecular weight is 299 g/mol. The first-order valence-electron chi connectivity index (χ1n) is 5.56. The van der Waals surface area contributed by atoms with E-state index in [0.717, 1.165) is 5.56 Å². The highest BCUT2D eigenvalue weighted by Gasteiger charge is 2.25. The molecule has 100 valence electrons. The highest BCUT2D eigenvalue weighted by molar-refractivity contribution is 6.41. The number of aromatic nitrogens is 2. The highest BCUT2D eigenvalue weighted by Crippen LogP contribution is 2.32. The number of hydrogen-bond acceptors (Lipinski definition) is 3. The van der Waals surface area contributed by atoms with E-state index < -0.39 is 5.78 Å². The lowest BCUT2D eigenvalue weighted by molar-refractivity contribution is 0.103. The number of aryl methyl sites for hydroxylation is 3. The number of halogens is 2. The molecule has 0 aliphatic heterocycles. The Kier molecular flexibility index (Phi) is 3.56. The third-order valence-corrected chi connectivity index (χ3v) is 3.73. The van der Waals surface area contributed by atoms with Gasteiger partial charge in [0.05, 0.1) is 21.3 Å². The molecular weight excluding hydrogens is 287 g/mol. The molecule has 0 spiro atoms. The molecule has 1 aromatic heterocycles. The minimum atomic E-state index is -0.429. The number of ketones is 1. The van der Waals surface area contributed by atoms with Gasteiger partial charge >= 0.3 is 0 Å². The number of carbonyl (C=O) groups is 1. The van der Waals surface area contributed by atoms with Crippen molar-refractivity contribution in [3.05, 3.63) is 44.6 Å². The van der Waals surface area contributed by atoms with Crippen molar-refractivity contribution in [3.8, 4) is 5.88 Å². The molecule has 0 atom stereocenters. The van der Waals surface area contributed by atoms with Gasteiger partial charge in [-0.15, -0.1) is 0 Å². The molecule has 0 unspecified atom stereocenters. The summed E-state index contributed by atoms with van der Waals surface area (Å²) in [5, 5.41) is 14.4. The second-order valence-electron chi connectivity index (χ2n) is 4.29. The largest absolute Gasteiger partial charge is 0.493 e. The monoisotopic (exact) mass is 298 g/mol. The molecular formula is C13H12Cl2N2O2. The lowest BCUT2D eigenvalue weighted by atomic mass is 10.0. The molecule has 2 aromatic rings. The van der Waals surface area contributed by atoms with Gasteiger partial charge in [-0.05, 0) is 25.5 Å². The molecule has 0 saturated heterocycles. The number of hydrogen-bond donors (Lipinski definition) is 1. The molecule has 6 heteroatoms. The van der Waals surface area contributed by atoms with E-state index in [1.54, 1.807) is 33.0 Å². The second kappa shape index (κ2) is 4.87. The van der Waals surface area contributed by atoms with Crippen molar-refractivity contribution < 1.29 is 9.90 Å². The van der Waals surface area contributed by atoms with Crippen molar-refractivity contribution in [3.63, 3.8) is 0 Å². The molecule has 0 amide bonds. The average Bonchev–Trinajstić information content (AvgIpc) is 2.58. The number of benzene rings is 1. The van der Waals surface area contributed by atoms with Crippen LogP contribution >= 0.6 is 23.2 Å². The summed E-state index contributed by atoms with van der Waals surface area (Å²) >= 11 is 12.2. The molecule has 0 radical (unpaired) electrons. The zero-order chi connectivity index (χ0) is 14.3. The summed E-state index contributed by atoms with van der Waals surface area (Å²) < 4.78 is 1.24. The van der Waals surface area contributed by atoms with Crippen LogP contribution in [0.5, 0.6) is 5.88 Å². The summed E-state index contributed by atoms with van der Waals surface area (Å²) in [6, 6.07) is 3.34. The third-order valence-electron chi connectivity index (χ3n) is 2.93. The molecule has 0 aliphatic carbocycles. The van der Waals surface area contributed by atoms with Gasteiger partial charge in [0.1, 0.15) is 5.56 Å². The van der Waals surface area contributed by atoms with Crippen LogP contribution in [0.4, 0.5) is 0 Å². The van der Waals surface area contributed by atoms with Gasteiger partial charge in [0.15, 0.2) is 0 Å². The fraction of sp³-hybridized carbons (Fsp3) is 0.231. The van der Waals surface area contributed by atoms with E-state index in [-0.39, 0.29) is 22.0 Å². The predicted octanol–water partition coefficient (Wildman–Crippen LogP) is 3.28. The Morgan fingerprint density at radius 3 is 2.42 bits per heavy atom. The van der Waals surface area contributed by atoms with Gasteiger partial charge in [0.25, 0.3) is 0 Å². The molecule has 0 saturated carbocycles. The lowest BCUT2D eigenvalue weighted by Gasteiger charge is -2.08. The van der Waals surface area contributed by atoms with Gasteiger partial charge in [0, 0.05) is 7.05 Å². The third kappa shape index (κ3) is 2.22. The smallest absolute Gasteiger partial charge is 0.220 e. The molecule has 0 fully saturated rings. The first kappa shape index (κ1) is 13.9. The number of aromatic hydroxyl groups is 1. The van der Waals surface area contributed by atoms with E-state index in [2.05, 4.69) is 5.10 Å². The second-order valence-corrected chi connectivity index (χ2v) is 5.08. The molecule has 1 N–H and O–H groups in total. The summed E-state index contributed by atoms with van der Waals surface area (Å²) in [5.74, 6) is -0.627. The van der Waals surface area contributed by atoms with Crippen LogP contribution < -0.4 is 0 Å². The van der Waals surface area contributed by atoms with Gasteiger partial charge in [-0.2, -0.15) is 5.10 Å². The summed E-state index contributed by atoms with van der Waals surface area (Å²) in [5.41, 5.74) is 1.49. The van der Waals surface area contributed by atoms with E-state index in [9.17, 15) is 9.90 Å². The zero-order valence-corrected chi connectivity index (χ0v) is 12.2. The van der Waals surface area contributed by atoms with Crippen molar-refractivity contribution in [2.24, 2.45) is 7.05 Å². The Labute approximate surface area is 120 Å². The first-order chi connectivity index (χ1) is 8.84. The maximum atomic E-state index is 12.5. The minimum Gasteiger partial charge on any atom is -0.493 e. The lowest BCUT2D eigenvalue weighted by Crippen LogP contribution is -2.05. The Balaban J connectivity index is 2.66. The maximum Gasteiger partial charge on any atom is 0.220 e. The topological polar surface area (TPSA) is 55.1 Å². The van der Waals surface area contributed by atoms with Crippen LogP contribution in [0.15, 0.2) is 12.1 Å². The quantitative estimate of drug-likeness (QED) is 0.866. The molecule has 1 aromatic carbocycles. The molecule has 1 heterocycles. The maximum absolute atomic E-state index is 12.5. The van der Waals surface area contributed by atoms with Crippen LogP contribution in [0.2, 0.25) is 10.0 Å². The van der Waals surface area contributed by atoms with Crippen LogP contribution in [0, 0.1) is 13.8 Å². The molecule has 0 bridgehead atoms. The first-order valence-corrected chi connectivity index (χ1v) is 6.32. The summed E-state index contributed by atoms with van der Waals surface area (Å²) in [6.07, 6.45) is 0. The summed E-state index contributed by atoms with van der Waals surface area (Å²) in [4.78, 5) is 12.5. The van der Waals surface area contributed by atoms with E-state index >= 15 is 0 Å². The summed E-state index contributed by atoms with van der Waals surface area (Å²) in [6.45, 7) is 3.43. The van der Waals surface area contributed by atoms with Crippen LogP contribution in [0.1, 0.15) is 27.2 Å². The molecule has 4 nitrogen and oxygen atoms in total. The zero-order valence-electron chi connectivity index (χ0n) is 10.7. The molecule has 0 aliphatic rings. The van der Waals surface area contributed by atoms with Gasteiger partial charge in [-0.3, -0.25) is 4.79 Å². The molecule has 19 heavy (non-hydrogen) atoms. The Hall–Kier alpha value is -1.52. The van der Waals surface area contributed by atoms with Crippen molar-refractivity contribution >= 4 is 29.0 Å². The van der Waals surface area contributed by atoms with Crippen LogP contribution in [-0.4, -0.2) is 20.7 Å². The van der Waals surface area contributed by atoms with E-state index in [1.165, 1.54) is 4.68 Å². The van der Waals surface area contributed by atoms with Gasteiger partial charge in [0.2, 0.25) is 11.7 Å². The summed E-state index contributed by atoms with van der Waals surface area (Å²) in [7, 11) is 1.55. The predicted molar refractivity (Wildman–Crippen MR) is 74.2 cm³/mol. The SMILES string of the molecule is Cc1ccc(Cl)c(C(=O)c2c(C)nn(C)c2O)c1Cl. The van der Waals surface area contributed by atoms with Gasteiger partial charge < -0.3 is 5.11 Å². The standard InChI is InChI=1S/C13H12Cl2N2O2/c1-6-4-5-8(14)10(11(6)15)12(18)9-7(2)16-17(3)13(9)19/h4-5,19H,1-3H3. The van der Waals surface area contributed by atoms with Crippen LogP contribution in [-0.2, 0) is 7.05 Å². The van der Waals surface area contributed by atoms with Crippen LogP contribution in [0.3, 0.4) is 0 Å². The molecule has 2 rings (SSSR count). The van der Waals surface area contributed by atoms with Gasteiger partial charge in [-0.25, -0.2) is 4.68 Å².